The maximum atomic E-state index is 11.0. The van der Waals surface area contributed by atoms with Crippen molar-refractivity contribution in [2.45, 2.75) is 33.4 Å². The molecule has 106 valence electrons. The summed E-state index contributed by atoms with van der Waals surface area (Å²) >= 11 is 0. The van der Waals surface area contributed by atoms with E-state index in [0.29, 0.717) is 23.8 Å². The number of non-ortho nitro benzene ring substituents is 1. The fourth-order valence-corrected chi connectivity index (χ4v) is 2.16. The predicted molar refractivity (Wildman–Crippen MR) is 75.0 cm³/mol. The Morgan fingerprint density at radius 2 is 2.10 bits per heavy atom. The van der Waals surface area contributed by atoms with Crippen LogP contribution >= 0.6 is 0 Å². The largest absolute Gasteiger partial charge is 0.324 e. The van der Waals surface area contributed by atoms with Gasteiger partial charge in [0.2, 0.25) is 0 Å². The summed E-state index contributed by atoms with van der Waals surface area (Å²) in [4.78, 5) is 10.5. The number of benzene rings is 1. The number of nitro groups is 1. The van der Waals surface area contributed by atoms with Gasteiger partial charge in [0.25, 0.3) is 5.69 Å². The number of rotatable bonds is 5. The highest BCUT2D eigenvalue weighted by Gasteiger charge is 2.16. The van der Waals surface area contributed by atoms with E-state index in [1.807, 2.05) is 24.5 Å². The van der Waals surface area contributed by atoms with Gasteiger partial charge in [0.05, 0.1) is 11.5 Å². The van der Waals surface area contributed by atoms with E-state index in [2.05, 4.69) is 10.2 Å². The number of nitrogens with zero attached hydrogens (tertiary/aromatic N) is 4. The Bertz CT molecular complexity index is 636. The fourth-order valence-electron chi connectivity index (χ4n) is 2.16. The quantitative estimate of drug-likeness (QED) is 0.664. The van der Waals surface area contributed by atoms with Crippen LogP contribution in [0.5, 0.6) is 0 Å². The lowest BCUT2D eigenvalue weighted by molar-refractivity contribution is -0.384. The zero-order chi connectivity index (χ0) is 14.7. The number of hydrogen-bond acceptors (Lipinski definition) is 5. The van der Waals surface area contributed by atoms with Gasteiger partial charge >= 0.3 is 0 Å². The molecule has 0 aliphatic heterocycles. The molecular formula is C13H17N5O2. The van der Waals surface area contributed by atoms with E-state index in [1.54, 1.807) is 0 Å². The summed E-state index contributed by atoms with van der Waals surface area (Å²) in [6, 6.07) is 4.92. The zero-order valence-electron chi connectivity index (χ0n) is 11.5. The first kappa shape index (κ1) is 14.1. The van der Waals surface area contributed by atoms with Gasteiger partial charge in [-0.05, 0) is 25.0 Å². The molecule has 0 saturated carbocycles. The third-order valence-electron chi connectivity index (χ3n) is 2.99. The molecule has 0 aliphatic carbocycles. The first-order valence-electron chi connectivity index (χ1n) is 6.45. The van der Waals surface area contributed by atoms with E-state index in [1.165, 1.54) is 12.1 Å². The van der Waals surface area contributed by atoms with Crippen molar-refractivity contribution in [2.24, 2.45) is 5.73 Å². The van der Waals surface area contributed by atoms with Crippen LogP contribution in [0.4, 0.5) is 5.69 Å². The Morgan fingerprint density at radius 3 is 2.70 bits per heavy atom. The number of aryl methyl sites for hydroxylation is 1. The van der Waals surface area contributed by atoms with Crippen LogP contribution < -0.4 is 5.73 Å². The van der Waals surface area contributed by atoms with E-state index >= 15 is 0 Å². The molecule has 7 nitrogen and oxygen atoms in total. The highest BCUT2D eigenvalue weighted by atomic mass is 16.6. The van der Waals surface area contributed by atoms with E-state index in [0.717, 1.165) is 18.5 Å². The second-order valence-electron chi connectivity index (χ2n) is 4.61. The van der Waals surface area contributed by atoms with Crippen molar-refractivity contribution >= 4 is 5.69 Å². The van der Waals surface area contributed by atoms with Crippen LogP contribution in [0.2, 0.25) is 0 Å². The number of aromatic nitrogens is 3. The minimum atomic E-state index is -0.402. The van der Waals surface area contributed by atoms with Gasteiger partial charge in [-0.2, -0.15) is 0 Å². The van der Waals surface area contributed by atoms with E-state index in [-0.39, 0.29) is 5.69 Å². The summed E-state index contributed by atoms with van der Waals surface area (Å²) < 4.78 is 1.92. The highest BCUT2D eigenvalue weighted by Crippen LogP contribution is 2.25. The van der Waals surface area contributed by atoms with Crippen LogP contribution in [0.1, 0.15) is 24.7 Å². The Hall–Kier alpha value is -2.28. The molecule has 2 rings (SSSR count). The smallest absolute Gasteiger partial charge is 0.270 e. The Morgan fingerprint density at radius 1 is 1.35 bits per heavy atom. The average Bonchev–Trinajstić information content (AvgIpc) is 2.81. The lowest BCUT2D eigenvalue weighted by Gasteiger charge is -2.08. The molecule has 1 heterocycles. The zero-order valence-corrected chi connectivity index (χ0v) is 11.5. The van der Waals surface area contributed by atoms with Crippen molar-refractivity contribution in [1.82, 2.24) is 14.8 Å². The molecule has 0 radical (unpaired) electrons. The summed E-state index contributed by atoms with van der Waals surface area (Å²) in [5.41, 5.74) is 7.21. The van der Waals surface area contributed by atoms with Crippen LogP contribution in [-0.4, -0.2) is 19.7 Å². The average molecular weight is 275 g/mol. The standard InChI is InChI=1S/C13H17N5O2/c1-3-4-17-12(8-14)15-16-13(17)10-5-9(2)6-11(7-10)18(19)20/h5-7H,3-4,8,14H2,1-2H3. The molecule has 2 aromatic rings. The lowest BCUT2D eigenvalue weighted by Crippen LogP contribution is -2.09. The minimum absolute atomic E-state index is 0.0559. The second-order valence-corrected chi connectivity index (χ2v) is 4.61. The maximum Gasteiger partial charge on any atom is 0.270 e. The molecule has 0 unspecified atom stereocenters. The molecule has 7 heteroatoms. The Balaban J connectivity index is 2.56. The van der Waals surface area contributed by atoms with E-state index in [9.17, 15) is 10.1 Å². The van der Waals surface area contributed by atoms with Crippen LogP contribution in [0.15, 0.2) is 18.2 Å². The Kier molecular flexibility index (Phi) is 4.09. The van der Waals surface area contributed by atoms with E-state index in [4.69, 9.17) is 5.73 Å². The van der Waals surface area contributed by atoms with Gasteiger partial charge in [-0.3, -0.25) is 10.1 Å². The minimum Gasteiger partial charge on any atom is -0.324 e. The fraction of sp³-hybridized carbons (Fsp3) is 0.385. The SMILES string of the molecule is CCCn1c(CN)nnc1-c1cc(C)cc([N+](=O)[O-])c1. The summed E-state index contributed by atoms with van der Waals surface area (Å²) in [7, 11) is 0. The van der Waals surface area contributed by atoms with Gasteiger partial charge in [0, 0.05) is 24.2 Å². The molecule has 0 spiro atoms. The van der Waals surface area contributed by atoms with E-state index < -0.39 is 4.92 Å². The molecule has 0 atom stereocenters. The van der Waals surface area contributed by atoms with Gasteiger partial charge in [-0.25, -0.2) is 0 Å². The van der Waals surface area contributed by atoms with Gasteiger partial charge in [0.1, 0.15) is 5.82 Å². The van der Waals surface area contributed by atoms with Gasteiger partial charge in [0.15, 0.2) is 5.82 Å². The molecule has 1 aromatic heterocycles. The van der Waals surface area contributed by atoms with Crippen molar-refractivity contribution in [3.05, 3.63) is 39.7 Å². The molecule has 0 aliphatic rings. The summed E-state index contributed by atoms with van der Waals surface area (Å²) in [6.07, 6.45) is 0.909. The topological polar surface area (TPSA) is 99.9 Å². The van der Waals surface area contributed by atoms with Gasteiger partial charge in [-0.1, -0.05) is 6.92 Å². The van der Waals surface area contributed by atoms with Crippen molar-refractivity contribution < 1.29 is 4.92 Å². The van der Waals surface area contributed by atoms with Crippen molar-refractivity contribution in [3.8, 4) is 11.4 Å². The summed E-state index contributed by atoms with van der Waals surface area (Å²) in [6.45, 7) is 4.89. The second kappa shape index (κ2) is 5.79. The molecule has 20 heavy (non-hydrogen) atoms. The molecule has 0 amide bonds. The molecule has 1 aromatic carbocycles. The molecule has 0 saturated heterocycles. The molecule has 0 bridgehead atoms. The predicted octanol–water partition coefficient (Wildman–Crippen LogP) is 2.03. The maximum absolute atomic E-state index is 11.0. The first-order chi connectivity index (χ1) is 9.56. The Labute approximate surface area is 116 Å². The van der Waals surface area contributed by atoms with Crippen molar-refractivity contribution in [2.75, 3.05) is 0 Å². The van der Waals surface area contributed by atoms with Crippen molar-refractivity contribution in [1.29, 1.82) is 0 Å². The summed E-state index contributed by atoms with van der Waals surface area (Å²) in [5.74, 6) is 1.31. The number of nitro benzene ring substituents is 1. The number of hydrogen-bond donors (Lipinski definition) is 1. The highest BCUT2D eigenvalue weighted by molar-refractivity contribution is 5.61. The first-order valence-corrected chi connectivity index (χ1v) is 6.45. The lowest BCUT2D eigenvalue weighted by atomic mass is 10.1. The van der Waals surface area contributed by atoms with Gasteiger partial charge < -0.3 is 10.3 Å². The monoisotopic (exact) mass is 275 g/mol. The molecular weight excluding hydrogens is 258 g/mol. The van der Waals surface area contributed by atoms with Crippen LogP contribution in [-0.2, 0) is 13.1 Å². The van der Waals surface area contributed by atoms with Crippen LogP contribution in [0.25, 0.3) is 11.4 Å². The van der Waals surface area contributed by atoms with Crippen LogP contribution in [0, 0.1) is 17.0 Å². The van der Waals surface area contributed by atoms with Crippen molar-refractivity contribution in [3.63, 3.8) is 0 Å². The van der Waals surface area contributed by atoms with Crippen LogP contribution in [0.3, 0.4) is 0 Å². The molecule has 2 N–H and O–H groups in total. The third kappa shape index (κ3) is 2.67. The molecule has 0 fully saturated rings. The van der Waals surface area contributed by atoms with Gasteiger partial charge in [-0.15, -0.1) is 10.2 Å². The number of nitrogens with two attached hydrogens (primary N) is 1. The summed E-state index contributed by atoms with van der Waals surface area (Å²) in [5, 5.41) is 19.1. The normalized spacial score (nSPS) is 10.8. The third-order valence-corrected chi connectivity index (χ3v) is 2.99.